The van der Waals surface area contributed by atoms with Gasteiger partial charge < -0.3 is 9.47 Å². The SMILES string of the molecule is COC(=O)C1C(=O)CC2C[C@@H](OC)C1N2C. The minimum Gasteiger partial charge on any atom is -0.468 e. The van der Waals surface area contributed by atoms with Crippen molar-refractivity contribution in [2.75, 3.05) is 21.3 Å². The van der Waals surface area contributed by atoms with E-state index in [4.69, 9.17) is 9.47 Å². The molecule has 0 radical (unpaired) electrons. The van der Waals surface area contributed by atoms with Crippen molar-refractivity contribution in [3.63, 3.8) is 0 Å². The van der Waals surface area contributed by atoms with E-state index >= 15 is 0 Å². The van der Waals surface area contributed by atoms with Crippen molar-refractivity contribution in [1.82, 2.24) is 4.90 Å². The molecule has 90 valence electrons. The van der Waals surface area contributed by atoms with Crippen molar-refractivity contribution in [3.05, 3.63) is 0 Å². The van der Waals surface area contributed by atoms with E-state index in [1.54, 1.807) is 7.11 Å². The van der Waals surface area contributed by atoms with E-state index in [-0.39, 0.29) is 24.0 Å². The Balaban J connectivity index is 2.29. The Morgan fingerprint density at radius 3 is 2.69 bits per heavy atom. The molecule has 2 aliphatic rings. The molecule has 5 nitrogen and oxygen atoms in total. The largest absolute Gasteiger partial charge is 0.468 e. The Bertz CT molecular complexity index is 317. The number of Topliss-reactive ketones (excluding diaryl/α,β-unsaturated/α-hetero) is 1. The molecular formula is C11H17NO4. The van der Waals surface area contributed by atoms with E-state index in [9.17, 15) is 9.59 Å². The summed E-state index contributed by atoms with van der Waals surface area (Å²) in [6, 6.07) is 0.0482. The highest BCUT2D eigenvalue weighted by molar-refractivity contribution is 6.01. The number of carbonyl (C=O) groups is 2. The van der Waals surface area contributed by atoms with Crippen molar-refractivity contribution < 1.29 is 19.1 Å². The maximum atomic E-state index is 11.9. The molecule has 16 heavy (non-hydrogen) atoms. The van der Waals surface area contributed by atoms with Crippen LogP contribution in [0.1, 0.15) is 12.8 Å². The van der Waals surface area contributed by atoms with E-state index in [0.29, 0.717) is 6.42 Å². The molecule has 2 heterocycles. The van der Waals surface area contributed by atoms with Crippen molar-refractivity contribution in [3.8, 4) is 0 Å². The zero-order chi connectivity index (χ0) is 11.9. The van der Waals surface area contributed by atoms with Crippen molar-refractivity contribution >= 4 is 11.8 Å². The van der Waals surface area contributed by atoms with Crippen LogP contribution in [0.5, 0.6) is 0 Å². The fourth-order valence-corrected chi connectivity index (χ4v) is 2.94. The second-order valence-corrected chi connectivity index (χ2v) is 4.49. The Labute approximate surface area is 94.7 Å². The van der Waals surface area contributed by atoms with Gasteiger partial charge in [0.15, 0.2) is 0 Å². The molecule has 0 aliphatic carbocycles. The molecule has 0 aromatic heterocycles. The number of nitrogens with zero attached hydrogens (tertiary/aromatic N) is 1. The predicted molar refractivity (Wildman–Crippen MR) is 55.9 cm³/mol. The first kappa shape index (κ1) is 11.5. The summed E-state index contributed by atoms with van der Waals surface area (Å²) in [6.45, 7) is 0. The minimum absolute atomic E-state index is 0.0144. The highest BCUT2D eigenvalue weighted by Crippen LogP contribution is 2.38. The van der Waals surface area contributed by atoms with Crippen LogP contribution in [0.3, 0.4) is 0 Å². The molecule has 0 aromatic rings. The Morgan fingerprint density at radius 1 is 1.44 bits per heavy atom. The second kappa shape index (κ2) is 4.14. The standard InChI is InChI=1S/C11H17NO4/c1-12-6-4-7(13)9(11(14)16-3)10(12)8(5-6)15-2/h6,8-10H,4-5H2,1-3H3/t6?,8-,9?,10?/m1/s1. The number of esters is 1. The minimum atomic E-state index is -0.682. The number of carbonyl (C=O) groups excluding carboxylic acids is 2. The number of methoxy groups -OCH3 is 2. The van der Waals surface area contributed by atoms with Crippen LogP contribution in [0, 0.1) is 5.92 Å². The quantitative estimate of drug-likeness (QED) is 0.484. The van der Waals surface area contributed by atoms with Gasteiger partial charge in [-0.15, -0.1) is 0 Å². The molecule has 2 aliphatic heterocycles. The third-order valence-electron chi connectivity index (χ3n) is 3.81. The molecule has 0 aromatic carbocycles. The molecule has 0 saturated carbocycles. The molecule has 3 unspecified atom stereocenters. The van der Waals surface area contributed by atoms with Crippen LogP contribution < -0.4 is 0 Å². The van der Waals surface area contributed by atoms with Gasteiger partial charge in [0, 0.05) is 19.6 Å². The van der Waals surface area contributed by atoms with Gasteiger partial charge >= 0.3 is 5.97 Å². The summed E-state index contributed by atoms with van der Waals surface area (Å²) in [5, 5.41) is 0. The Kier molecular flexibility index (Phi) is 2.99. The first-order chi connectivity index (χ1) is 7.60. The first-order valence-electron chi connectivity index (χ1n) is 5.45. The van der Waals surface area contributed by atoms with Crippen molar-refractivity contribution in [2.24, 2.45) is 5.92 Å². The average molecular weight is 227 g/mol. The number of ether oxygens (including phenoxy) is 2. The van der Waals surface area contributed by atoms with Gasteiger partial charge in [0.1, 0.15) is 11.7 Å². The monoisotopic (exact) mass is 227 g/mol. The second-order valence-electron chi connectivity index (χ2n) is 4.49. The summed E-state index contributed by atoms with van der Waals surface area (Å²) < 4.78 is 10.1. The summed E-state index contributed by atoms with van der Waals surface area (Å²) in [6.07, 6.45) is 1.19. The number of piperidine rings is 1. The maximum absolute atomic E-state index is 11.9. The van der Waals surface area contributed by atoms with Gasteiger partial charge in [-0.1, -0.05) is 0 Å². The van der Waals surface area contributed by atoms with Crippen molar-refractivity contribution in [2.45, 2.75) is 31.0 Å². The van der Waals surface area contributed by atoms with Gasteiger partial charge in [-0.05, 0) is 13.5 Å². The lowest BCUT2D eigenvalue weighted by Gasteiger charge is -2.35. The molecule has 2 rings (SSSR count). The zero-order valence-electron chi connectivity index (χ0n) is 9.80. The number of ketones is 1. The highest BCUT2D eigenvalue weighted by atomic mass is 16.5. The lowest BCUT2D eigenvalue weighted by molar-refractivity contribution is -0.155. The third-order valence-corrected chi connectivity index (χ3v) is 3.81. The van der Waals surface area contributed by atoms with Crippen molar-refractivity contribution in [1.29, 1.82) is 0 Å². The number of hydrogen-bond acceptors (Lipinski definition) is 5. The van der Waals surface area contributed by atoms with Crippen LogP contribution in [-0.4, -0.2) is 56.1 Å². The normalized spacial score (nSPS) is 38.8. The topological polar surface area (TPSA) is 55.8 Å². The summed E-state index contributed by atoms with van der Waals surface area (Å²) in [4.78, 5) is 25.6. The lowest BCUT2D eigenvalue weighted by atomic mass is 9.88. The fourth-order valence-electron chi connectivity index (χ4n) is 2.94. The molecule has 0 N–H and O–H groups in total. The molecule has 5 heteroatoms. The maximum Gasteiger partial charge on any atom is 0.317 e. The predicted octanol–water partition coefficient (Wildman–Crippen LogP) is -0.164. The summed E-state index contributed by atoms with van der Waals surface area (Å²) >= 11 is 0. The van der Waals surface area contributed by atoms with Crippen LogP contribution in [0.4, 0.5) is 0 Å². The van der Waals surface area contributed by atoms with Gasteiger partial charge in [0.25, 0.3) is 0 Å². The van der Waals surface area contributed by atoms with E-state index in [0.717, 1.165) is 6.42 Å². The number of likely N-dealkylation sites (N-methyl/N-ethyl adjacent to an activating group) is 1. The first-order valence-corrected chi connectivity index (χ1v) is 5.45. The van der Waals surface area contributed by atoms with Crippen LogP contribution in [0.25, 0.3) is 0 Å². The molecule has 0 spiro atoms. The van der Waals surface area contributed by atoms with Crippen LogP contribution in [-0.2, 0) is 19.1 Å². The van der Waals surface area contributed by atoms with Gasteiger partial charge in [0.05, 0.1) is 19.3 Å². The molecule has 2 fully saturated rings. The van der Waals surface area contributed by atoms with Gasteiger partial charge in [0.2, 0.25) is 0 Å². The highest BCUT2D eigenvalue weighted by Gasteiger charge is 2.53. The van der Waals surface area contributed by atoms with E-state index < -0.39 is 11.9 Å². The molecule has 0 amide bonds. The van der Waals surface area contributed by atoms with Gasteiger partial charge in [-0.2, -0.15) is 0 Å². The van der Waals surface area contributed by atoms with Crippen LogP contribution in [0.15, 0.2) is 0 Å². The third kappa shape index (κ3) is 1.55. The smallest absolute Gasteiger partial charge is 0.317 e. The Hall–Kier alpha value is -0.940. The molecular weight excluding hydrogens is 210 g/mol. The molecule has 2 bridgehead atoms. The zero-order valence-corrected chi connectivity index (χ0v) is 9.80. The van der Waals surface area contributed by atoms with Crippen LogP contribution in [0.2, 0.25) is 0 Å². The van der Waals surface area contributed by atoms with Gasteiger partial charge in [-0.3, -0.25) is 14.5 Å². The molecule has 2 saturated heterocycles. The summed E-state index contributed by atoms with van der Waals surface area (Å²) in [5.41, 5.74) is 0. The summed E-state index contributed by atoms with van der Waals surface area (Å²) in [5.74, 6) is -1.14. The van der Waals surface area contributed by atoms with E-state index in [2.05, 4.69) is 4.90 Å². The molecule has 4 atom stereocenters. The average Bonchev–Trinajstić information content (AvgIpc) is 2.48. The van der Waals surface area contributed by atoms with E-state index in [1.807, 2.05) is 7.05 Å². The lowest BCUT2D eigenvalue weighted by Crippen LogP contribution is -2.53. The summed E-state index contributed by atoms with van der Waals surface area (Å²) in [7, 11) is 4.88. The van der Waals surface area contributed by atoms with Crippen LogP contribution >= 0.6 is 0 Å². The fraction of sp³-hybridized carbons (Fsp3) is 0.818. The number of fused-ring (bicyclic) bond motifs is 2. The number of hydrogen-bond donors (Lipinski definition) is 0. The van der Waals surface area contributed by atoms with Gasteiger partial charge in [-0.25, -0.2) is 0 Å². The number of rotatable bonds is 2. The Morgan fingerprint density at radius 2 is 2.12 bits per heavy atom. The van der Waals surface area contributed by atoms with E-state index in [1.165, 1.54) is 7.11 Å².